The molecule has 0 bridgehead atoms. The SMILES string of the molecule is CC#CCc1nc(CC#CC)n(Cc2ccc(-c3cccc(C(=O)O)c3)cc2)n1. The van der Waals surface area contributed by atoms with Crippen molar-refractivity contribution in [3.8, 4) is 34.8 Å². The molecule has 0 amide bonds. The van der Waals surface area contributed by atoms with E-state index >= 15 is 0 Å². The average Bonchev–Trinajstić information content (AvgIpc) is 3.12. The van der Waals surface area contributed by atoms with E-state index in [0.29, 0.717) is 25.2 Å². The van der Waals surface area contributed by atoms with Gasteiger partial charge in [-0.15, -0.1) is 11.8 Å². The topological polar surface area (TPSA) is 68.0 Å². The summed E-state index contributed by atoms with van der Waals surface area (Å²) in [6.45, 7) is 4.19. The smallest absolute Gasteiger partial charge is 0.335 e. The van der Waals surface area contributed by atoms with Crippen molar-refractivity contribution in [2.45, 2.75) is 33.2 Å². The predicted molar refractivity (Wildman–Crippen MR) is 112 cm³/mol. The number of nitrogens with zero attached hydrogens (tertiary/aromatic N) is 3. The zero-order chi connectivity index (χ0) is 20.6. The third kappa shape index (κ3) is 5.12. The van der Waals surface area contributed by atoms with Gasteiger partial charge in [0.1, 0.15) is 5.82 Å². The van der Waals surface area contributed by atoms with Crippen LogP contribution in [0, 0.1) is 23.7 Å². The van der Waals surface area contributed by atoms with Gasteiger partial charge in [0.25, 0.3) is 0 Å². The second-order valence-electron chi connectivity index (χ2n) is 6.39. The van der Waals surface area contributed by atoms with Gasteiger partial charge in [-0.2, -0.15) is 5.10 Å². The second kappa shape index (κ2) is 9.39. The van der Waals surface area contributed by atoms with Crippen LogP contribution < -0.4 is 0 Å². The van der Waals surface area contributed by atoms with Crippen molar-refractivity contribution in [2.24, 2.45) is 0 Å². The first-order valence-corrected chi connectivity index (χ1v) is 9.25. The van der Waals surface area contributed by atoms with Gasteiger partial charge in [-0.3, -0.25) is 0 Å². The molecule has 0 fully saturated rings. The summed E-state index contributed by atoms with van der Waals surface area (Å²) in [6.07, 6.45) is 1.07. The maximum Gasteiger partial charge on any atom is 0.335 e. The Kier molecular flexibility index (Phi) is 6.45. The first-order valence-electron chi connectivity index (χ1n) is 9.25. The lowest BCUT2D eigenvalue weighted by Crippen LogP contribution is -2.06. The van der Waals surface area contributed by atoms with Gasteiger partial charge in [0.15, 0.2) is 5.82 Å². The highest BCUT2D eigenvalue weighted by Crippen LogP contribution is 2.21. The Morgan fingerprint density at radius 3 is 2.41 bits per heavy atom. The summed E-state index contributed by atoms with van der Waals surface area (Å²) in [7, 11) is 0. The van der Waals surface area contributed by atoms with Gasteiger partial charge >= 0.3 is 5.97 Å². The summed E-state index contributed by atoms with van der Waals surface area (Å²) in [4.78, 5) is 15.7. The van der Waals surface area contributed by atoms with Gasteiger partial charge < -0.3 is 5.11 Å². The molecule has 5 nitrogen and oxygen atoms in total. The quantitative estimate of drug-likeness (QED) is 0.657. The molecule has 0 atom stereocenters. The molecule has 144 valence electrons. The number of hydrogen-bond acceptors (Lipinski definition) is 3. The number of aromatic carboxylic acids is 1. The van der Waals surface area contributed by atoms with Crippen molar-refractivity contribution in [1.29, 1.82) is 0 Å². The fraction of sp³-hybridized carbons (Fsp3) is 0.208. The molecule has 2 aromatic carbocycles. The van der Waals surface area contributed by atoms with Crippen molar-refractivity contribution in [1.82, 2.24) is 14.8 Å². The van der Waals surface area contributed by atoms with E-state index in [1.165, 1.54) is 0 Å². The number of rotatable bonds is 6. The number of hydrogen-bond donors (Lipinski definition) is 1. The molecule has 0 aliphatic rings. The highest BCUT2D eigenvalue weighted by Gasteiger charge is 2.10. The Morgan fingerprint density at radius 2 is 1.72 bits per heavy atom. The van der Waals surface area contributed by atoms with Crippen molar-refractivity contribution >= 4 is 5.97 Å². The van der Waals surface area contributed by atoms with Gasteiger partial charge in [0.05, 0.1) is 24.9 Å². The van der Waals surface area contributed by atoms with E-state index in [1.54, 1.807) is 25.1 Å². The summed E-state index contributed by atoms with van der Waals surface area (Å²) in [5, 5.41) is 13.8. The van der Waals surface area contributed by atoms with E-state index in [-0.39, 0.29) is 5.56 Å². The maximum atomic E-state index is 11.2. The summed E-state index contributed by atoms with van der Waals surface area (Å²) < 4.78 is 1.87. The Balaban J connectivity index is 1.82. The molecule has 3 aromatic rings. The number of carboxylic acids is 1. The van der Waals surface area contributed by atoms with Crippen molar-refractivity contribution in [3.05, 3.63) is 71.3 Å². The van der Waals surface area contributed by atoms with Crippen LogP contribution in [-0.2, 0) is 19.4 Å². The van der Waals surface area contributed by atoms with Gasteiger partial charge in [0, 0.05) is 0 Å². The van der Waals surface area contributed by atoms with E-state index in [2.05, 4.69) is 33.8 Å². The lowest BCUT2D eigenvalue weighted by atomic mass is 10.0. The van der Waals surface area contributed by atoms with Gasteiger partial charge in [0.2, 0.25) is 0 Å². The largest absolute Gasteiger partial charge is 0.478 e. The minimum atomic E-state index is -0.930. The van der Waals surface area contributed by atoms with Crippen LogP contribution in [0.5, 0.6) is 0 Å². The third-order valence-corrected chi connectivity index (χ3v) is 4.37. The number of carboxylic acid groups (broad SMARTS) is 1. The minimum absolute atomic E-state index is 0.276. The lowest BCUT2D eigenvalue weighted by Gasteiger charge is -2.07. The molecule has 0 spiro atoms. The van der Waals surface area contributed by atoms with Gasteiger partial charge in [-0.1, -0.05) is 48.2 Å². The highest BCUT2D eigenvalue weighted by molar-refractivity contribution is 5.89. The second-order valence-corrected chi connectivity index (χ2v) is 6.39. The van der Waals surface area contributed by atoms with E-state index in [4.69, 9.17) is 0 Å². The van der Waals surface area contributed by atoms with E-state index < -0.39 is 5.97 Å². The Bertz CT molecular complexity index is 1140. The molecule has 0 aliphatic heterocycles. The van der Waals surface area contributed by atoms with Crippen LogP contribution in [0.2, 0.25) is 0 Å². The number of carbonyl (C=O) groups is 1. The van der Waals surface area contributed by atoms with Crippen molar-refractivity contribution in [2.75, 3.05) is 0 Å². The van der Waals surface area contributed by atoms with Crippen LogP contribution in [0.1, 0.15) is 41.4 Å². The zero-order valence-corrected chi connectivity index (χ0v) is 16.4. The predicted octanol–water partition coefficient (Wildman–Crippen LogP) is 3.82. The molecule has 1 N–H and O–H groups in total. The molecular weight excluding hydrogens is 362 g/mol. The Morgan fingerprint density at radius 1 is 1.00 bits per heavy atom. The average molecular weight is 383 g/mol. The fourth-order valence-electron chi connectivity index (χ4n) is 2.90. The first kappa shape index (κ1) is 19.9. The fourth-order valence-corrected chi connectivity index (χ4v) is 2.90. The Labute approximate surface area is 170 Å². The normalized spacial score (nSPS) is 9.86. The number of benzene rings is 2. The van der Waals surface area contributed by atoms with E-state index in [1.807, 2.05) is 41.9 Å². The molecule has 1 heterocycles. The monoisotopic (exact) mass is 383 g/mol. The zero-order valence-electron chi connectivity index (χ0n) is 16.4. The third-order valence-electron chi connectivity index (χ3n) is 4.37. The summed E-state index contributed by atoms with van der Waals surface area (Å²) in [6, 6.07) is 14.9. The van der Waals surface area contributed by atoms with E-state index in [9.17, 15) is 9.90 Å². The molecule has 0 saturated heterocycles. The molecule has 5 heteroatoms. The van der Waals surface area contributed by atoms with Crippen LogP contribution in [-0.4, -0.2) is 25.8 Å². The minimum Gasteiger partial charge on any atom is -0.478 e. The van der Waals surface area contributed by atoms with Crippen LogP contribution in [0.15, 0.2) is 48.5 Å². The molecule has 0 saturated carbocycles. The van der Waals surface area contributed by atoms with E-state index in [0.717, 1.165) is 22.5 Å². The van der Waals surface area contributed by atoms with Crippen LogP contribution in [0.25, 0.3) is 11.1 Å². The highest BCUT2D eigenvalue weighted by atomic mass is 16.4. The van der Waals surface area contributed by atoms with Crippen LogP contribution >= 0.6 is 0 Å². The first-order chi connectivity index (χ1) is 14.1. The number of aromatic nitrogens is 3. The van der Waals surface area contributed by atoms with Gasteiger partial charge in [-0.05, 0) is 42.7 Å². The molecule has 29 heavy (non-hydrogen) atoms. The van der Waals surface area contributed by atoms with Crippen LogP contribution in [0.4, 0.5) is 0 Å². The summed E-state index contributed by atoms with van der Waals surface area (Å²) in [5.41, 5.74) is 3.19. The summed E-state index contributed by atoms with van der Waals surface area (Å²) in [5.74, 6) is 12.4. The van der Waals surface area contributed by atoms with Crippen molar-refractivity contribution < 1.29 is 9.90 Å². The molecule has 0 radical (unpaired) electrons. The molecule has 3 rings (SSSR count). The Hall–Kier alpha value is -3.83. The van der Waals surface area contributed by atoms with Gasteiger partial charge in [-0.25, -0.2) is 14.5 Å². The molecule has 0 aliphatic carbocycles. The lowest BCUT2D eigenvalue weighted by molar-refractivity contribution is 0.0697. The van der Waals surface area contributed by atoms with Crippen molar-refractivity contribution in [3.63, 3.8) is 0 Å². The maximum absolute atomic E-state index is 11.2. The molecule has 0 unspecified atom stereocenters. The standard InChI is InChI=1S/C24H21N3O2/c1-3-5-10-22-25-23(11-6-4-2)27(26-22)17-18-12-14-19(15-13-18)20-8-7-9-21(16-20)24(28)29/h7-9,12-16H,10-11,17H2,1-2H3,(H,28,29). The molecule has 1 aromatic heterocycles. The van der Waals surface area contributed by atoms with Crippen LogP contribution in [0.3, 0.4) is 0 Å². The summed E-state index contributed by atoms with van der Waals surface area (Å²) >= 11 is 0. The molecular formula is C24H21N3O2.